The van der Waals surface area contributed by atoms with Gasteiger partial charge in [-0.1, -0.05) is 24.3 Å². The summed E-state index contributed by atoms with van der Waals surface area (Å²) in [7, 11) is 0. The summed E-state index contributed by atoms with van der Waals surface area (Å²) >= 11 is 1.72. The van der Waals surface area contributed by atoms with Crippen LogP contribution in [0.25, 0.3) is 11.1 Å². The van der Waals surface area contributed by atoms with Crippen molar-refractivity contribution >= 4 is 34.6 Å². The monoisotopic (exact) mass is 488 g/mol. The average Bonchev–Trinajstić information content (AvgIpc) is 3.55. The number of carboxylic acid groups (broad SMARTS) is 1. The second-order valence-electron chi connectivity index (χ2n) is 9.53. The predicted molar refractivity (Wildman–Crippen MR) is 137 cm³/mol. The SMILES string of the molecule is CC(=O)N1CCc2c(-c3cccc4c3CCN4Cc3nc4c(s3)CN(CC(=O)O)CC4)cccc21. The molecule has 0 bridgehead atoms. The molecule has 3 aliphatic rings. The Bertz CT molecular complexity index is 1330. The molecular formula is C27H28N4O3S. The van der Waals surface area contributed by atoms with Crippen LogP contribution in [0.2, 0.25) is 0 Å². The van der Waals surface area contributed by atoms with E-state index in [1.165, 1.54) is 32.8 Å². The second-order valence-corrected chi connectivity index (χ2v) is 10.7. The number of carbonyl (C=O) groups excluding carboxylic acids is 1. The van der Waals surface area contributed by atoms with E-state index < -0.39 is 5.97 Å². The molecule has 35 heavy (non-hydrogen) atoms. The van der Waals surface area contributed by atoms with E-state index in [-0.39, 0.29) is 12.5 Å². The Labute approximate surface area is 208 Å². The summed E-state index contributed by atoms with van der Waals surface area (Å²) in [6, 6.07) is 12.9. The molecule has 0 fully saturated rings. The van der Waals surface area contributed by atoms with Crippen LogP contribution in [-0.4, -0.2) is 53.0 Å². The fourth-order valence-electron chi connectivity index (χ4n) is 5.79. The van der Waals surface area contributed by atoms with Crippen LogP contribution in [0.5, 0.6) is 0 Å². The van der Waals surface area contributed by atoms with E-state index in [4.69, 9.17) is 10.1 Å². The zero-order valence-electron chi connectivity index (χ0n) is 19.8. The molecule has 0 spiro atoms. The summed E-state index contributed by atoms with van der Waals surface area (Å²) < 4.78 is 0. The van der Waals surface area contributed by atoms with Crippen LogP contribution in [0.1, 0.15) is 33.6 Å². The van der Waals surface area contributed by atoms with Gasteiger partial charge in [0.2, 0.25) is 5.91 Å². The average molecular weight is 489 g/mol. The lowest BCUT2D eigenvalue weighted by Crippen LogP contribution is -2.34. The van der Waals surface area contributed by atoms with Gasteiger partial charge in [-0.2, -0.15) is 0 Å². The Hall–Kier alpha value is -3.23. The third kappa shape index (κ3) is 4.00. The smallest absolute Gasteiger partial charge is 0.317 e. The zero-order chi connectivity index (χ0) is 24.1. The summed E-state index contributed by atoms with van der Waals surface area (Å²) in [4.78, 5) is 35.6. The van der Waals surface area contributed by atoms with E-state index >= 15 is 0 Å². The van der Waals surface area contributed by atoms with Crippen LogP contribution in [0, 0.1) is 0 Å². The molecule has 3 aromatic rings. The second kappa shape index (κ2) is 8.77. The number of hydrogen-bond donors (Lipinski definition) is 1. The Morgan fingerprint density at radius 1 is 0.971 bits per heavy atom. The number of aliphatic carboxylic acids is 1. The molecule has 1 N–H and O–H groups in total. The number of thiazole rings is 1. The van der Waals surface area contributed by atoms with E-state index in [0.717, 1.165) is 61.8 Å². The highest BCUT2D eigenvalue weighted by molar-refractivity contribution is 7.11. The first-order chi connectivity index (χ1) is 17.0. The van der Waals surface area contributed by atoms with Crippen molar-refractivity contribution in [3.05, 3.63) is 63.1 Å². The summed E-state index contributed by atoms with van der Waals surface area (Å²) in [6.45, 7) is 5.63. The van der Waals surface area contributed by atoms with Crippen LogP contribution in [0.3, 0.4) is 0 Å². The van der Waals surface area contributed by atoms with Crippen molar-refractivity contribution in [1.29, 1.82) is 0 Å². The third-order valence-corrected chi connectivity index (χ3v) is 8.43. The van der Waals surface area contributed by atoms with Crippen molar-refractivity contribution in [2.24, 2.45) is 0 Å². The molecule has 0 atom stereocenters. The van der Waals surface area contributed by atoms with E-state index in [0.29, 0.717) is 6.54 Å². The number of fused-ring (bicyclic) bond motifs is 3. The van der Waals surface area contributed by atoms with E-state index in [1.807, 2.05) is 9.80 Å². The van der Waals surface area contributed by atoms with Gasteiger partial charge in [0.1, 0.15) is 5.01 Å². The Morgan fingerprint density at radius 2 is 1.69 bits per heavy atom. The maximum atomic E-state index is 12.1. The molecule has 0 saturated heterocycles. The van der Waals surface area contributed by atoms with E-state index in [2.05, 4.69) is 41.3 Å². The van der Waals surface area contributed by atoms with Gasteiger partial charge >= 0.3 is 5.97 Å². The molecule has 6 rings (SSSR count). The Kier molecular flexibility index (Phi) is 5.57. The maximum absolute atomic E-state index is 12.1. The Balaban J connectivity index is 1.26. The fraction of sp³-hybridized carbons (Fsp3) is 0.370. The molecule has 4 heterocycles. The quantitative estimate of drug-likeness (QED) is 0.590. The number of aromatic nitrogens is 1. The van der Waals surface area contributed by atoms with Gasteiger partial charge in [0.05, 0.1) is 18.8 Å². The highest BCUT2D eigenvalue weighted by Crippen LogP contribution is 2.42. The molecule has 8 heteroatoms. The number of hydrogen-bond acceptors (Lipinski definition) is 6. The van der Waals surface area contributed by atoms with Gasteiger partial charge in [-0.15, -0.1) is 11.3 Å². The summed E-state index contributed by atoms with van der Waals surface area (Å²) in [5.74, 6) is -0.677. The van der Waals surface area contributed by atoms with Crippen molar-refractivity contribution in [3.8, 4) is 11.1 Å². The molecular weight excluding hydrogens is 460 g/mol. The normalized spacial score (nSPS) is 16.8. The number of rotatable bonds is 5. The van der Waals surface area contributed by atoms with Gasteiger partial charge in [0.15, 0.2) is 0 Å². The van der Waals surface area contributed by atoms with Crippen molar-refractivity contribution < 1.29 is 14.7 Å². The van der Waals surface area contributed by atoms with Crippen LogP contribution in [0.15, 0.2) is 36.4 Å². The molecule has 0 saturated carbocycles. The molecule has 0 aliphatic carbocycles. The highest BCUT2D eigenvalue weighted by atomic mass is 32.1. The van der Waals surface area contributed by atoms with Gasteiger partial charge in [0.25, 0.3) is 0 Å². The zero-order valence-corrected chi connectivity index (χ0v) is 20.6. The molecule has 0 unspecified atom stereocenters. The van der Waals surface area contributed by atoms with Gasteiger partial charge in [0, 0.05) is 55.8 Å². The fourth-order valence-corrected chi connectivity index (χ4v) is 6.96. The van der Waals surface area contributed by atoms with Crippen LogP contribution >= 0.6 is 11.3 Å². The molecule has 180 valence electrons. The van der Waals surface area contributed by atoms with Gasteiger partial charge < -0.3 is 14.9 Å². The van der Waals surface area contributed by atoms with E-state index in [9.17, 15) is 9.59 Å². The largest absolute Gasteiger partial charge is 0.480 e. The highest BCUT2D eigenvalue weighted by Gasteiger charge is 2.29. The lowest BCUT2D eigenvalue weighted by molar-refractivity contribution is -0.138. The van der Waals surface area contributed by atoms with E-state index in [1.54, 1.807) is 18.3 Å². The number of benzene rings is 2. The molecule has 7 nitrogen and oxygen atoms in total. The molecule has 1 amide bonds. The first-order valence-corrected chi connectivity index (χ1v) is 13.0. The minimum absolute atomic E-state index is 0.0856. The minimum atomic E-state index is -0.777. The Morgan fingerprint density at radius 3 is 2.43 bits per heavy atom. The van der Waals surface area contributed by atoms with Crippen molar-refractivity contribution in [3.63, 3.8) is 0 Å². The maximum Gasteiger partial charge on any atom is 0.317 e. The molecule has 3 aliphatic heterocycles. The number of amides is 1. The van der Waals surface area contributed by atoms with Crippen molar-refractivity contribution in [2.45, 2.75) is 39.3 Å². The summed E-state index contributed by atoms with van der Waals surface area (Å²) in [5, 5.41) is 10.2. The first-order valence-electron chi connectivity index (χ1n) is 12.2. The number of carboxylic acids is 1. The number of nitrogens with zero attached hydrogens (tertiary/aromatic N) is 4. The number of carbonyl (C=O) groups is 2. The van der Waals surface area contributed by atoms with Gasteiger partial charge in [-0.05, 0) is 47.2 Å². The van der Waals surface area contributed by atoms with Gasteiger partial charge in [-0.3, -0.25) is 14.5 Å². The summed E-state index contributed by atoms with van der Waals surface area (Å²) in [5.41, 5.74) is 8.61. The predicted octanol–water partition coefficient (Wildman–Crippen LogP) is 3.72. The topological polar surface area (TPSA) is 77.0 Å². The third-order valence-electron chi connectivity index (χ3n) is 7.36. The van der Waals surface area contributed by atoms with Crippen LogP contribution < -0.4 is 9.80 Å². The van der Waals surface area contributed by atoms with Crippen LogP contribution in [-0.2, 0) is 41.9 Å². The minimum Gasteiger partial charge on any atom is -0.480 e. The van der Waals surface area contributed by atoms with Crippen molar-refractivity contribution in [2.75, 3.05) is 36.0 Å². The molecule has 1 aromatic heterocycles. The lowest BCUT2D eigenvalue weighted by Gasteiger charge is -2.23. The molecule has 0 radical (unpaired) electrons. The molecule has 2 aromatic carbocycles. The number of anilines is 2. The van der Waals surface area contributed by atoms with Crippen LogP contribution in [0.4, 0.5) is 11.4 Å². The summed E-state index contributed by atoms with van der Waals surface area (Å²) in [6.07, 6.45) is 2.70. The van der Waals surface area contributed by atoms with Crippen molar-refractivity contribution in [1.82, 2.24) is 9.88 Å². The van der Waals surface area contributed by atoms with Gasteiger partial charge in [-0.25, -0.2) is 4.98 Å². The first kappa shape index (κ1) is 22.2. The standard InChI is InChI=1S/C27H28N4O3S/c1-17(32)31-13-9-21-19(5-3-7-24(21)31)18-4-2-6-23-20(18)8-12-30(23)15-26-28-22-10-11-29(16-27(33)34)14-25(22)35-26/h2-7H,8-16H2,1H3,(H,33,34). The lowest BCUT2D eigenvalue weighted by atomic mass is 9.93.